The minimum atomic E-state index is 0.0594. The minimum Gasteiger partial charge on any atom is -0.339 e. The number of carbonyl (C=O) groups is 1. The van der Waals surface area contributed by atoms with E-state index >= 15 is 0 Å². The van der Waals surface area contributed by atoms with Gasteiger partial charge in [-0.15, -0.1) is 0 Å². The summed E-state index contributed by atoms with van der Waals surface area (Å²) in [6.45, 7) is 6.84. The third-order valence-electron chi connectivity index (χ3n) is 4.03. The van der Waals surface area contributed by atoms with Crippen molar-refractivity contribution < 1.29 is 4.79 Å². The number of hydrogen-bond acceptors (Lipinski definition) is 3. The van der Waals surface area contributed by atoms with Gasteiger partial charge in [0.1, 0.15) is 0 Å². The molecular formula is C17H24N4O. The maximum absolute atomic E-state index is 12.3. The first-order chi connectivity index (χ1) is 10.5. The third-order valence-corrected chi connectivity index (χ3v) is 4.03. The van der Waals surface area contributed by atoms with Crippen LogP contribution in [0.15, 0.2) is 30.6 Å². The molecule has 0 bridgehead atoms. The van der Waals surface area contributed by atoms with Gasteiger partial charge >= 0.3 is 0 Å². The maximum atomic E-state index is 12.3. The highest BCUT2D eigenvalue weighted by Crippen LogP contribution is 2.18. The predicted octanol–water partition coefficient (Wildman–Crippen LogP) is 2.89. The topological polar surface area (TPSA) is 51.0 Å². The molecule has 2 rings (SSSR count). The summed E-state index contributed by atoms with van der Waals surface area (Å²) in [4.78, 5) is 18.1. The van der Waals surface area contributed by atoms with Crippen LogP contribution >= 0.6 is 0 Å². The van der Waals surface area contributed by atoms with Crippen LogP contribution in [0, 0.1) is 13.8 Å². The molecule has 0 aromatic carbocycles. The van der Waals surface area contributed by atoms with Gasteiger partial charge in [0.15, 0.2) is 0 Å². The number of amides is 1. The molecule has 1 atom stereocenters. The number of rotatable bonds is 6. The second-order valence-electron chi connectivity index (χ2n) is 5.71. The van der Waals surface area contributed by atoms with E-state index in [0.717, 1.165) is 29.9 Å². The molecule has 0 spiro atoms. The van der Waals surface area contributed by atoms with Crippen molar-refractivity contribution in [3.05, 3.63) is 47.5 Å². The summed E-state index contributed by atoms with van der Waals surface area (Å²) in [7, 11) is 1.86. The lowest BCUT2D eigenvalue weighted by Gasteiger charge is -2.25. The summed E-state index contributed by atoms with van der Waals surface area (Å²) >= 11 is 0. The Labute approximate surface area is 132 Å². The number of aryl methyl sites for hydroxylation is 3. The van der Waals surface area contributed by atoms with E-state index in [0.29, 0.717) is 6.42 Å². The second kappa shape index (κ2) is 7.20. The van der Waals surface area contributed by atoms with Crippen molar-refractivity contribution in [1.82, 2.24) is 19.7 Å². The summed E-state index contributed by atoms with van der Waals surface area (Å²) < 4.78 is 1.97. The molecule has 0 radical (unpaired) electrons. The van der Waals surface area contributed by atoms with Crippen LogP contribution in [0.25, 0.3) is 0 Å². The van der Waals surface area contributed by atoms with Crippen LogP contribution in [0.3, 0.4) is 0 Å². The molecule has 0 saturated heterocycles. The zero-order valence-corrected chi connectivity index (χ0v) is 13.8. The van der Waals surface area contributed by atoms with Gasteiger partial charge < -0.3 is 4.90 Å². The van der Waals surface area contributed by atoms with Gasteiger partial charge in [0.25, 0.3) is 0 Å². The van der Waals surface area contributed by atoms with Gasteiger partial charge in [0.2, 0.25) is 5.91 Å². The molecule has 2 aromatic rings. The monoisotopic (exact) mass is 300 g/mol. The van der Waals surface area contributed by atoms with E-state index in [-0.39, 0.29) is 11.9 Å². The molecule has 0 N–H and O–H groups in total. The smallest absolute Gasteiger partial charge is 0.222 e. The van der Waals surface area contributed by atoms with Crippen LogP contribution in [-0.2, 0) is 11.3 Å². The summed E-state index contributed by atoms with van der Waals surface area (Å²) in [6, 6.07) is 6.01. The molecule has 0 aliphatic carbocycles. The largest absolute Gasteiger partial charge is 0.339 e. The zero-order chi connectivity index (χ0) is 16.1. The highest BCUT2D eigenvalue weighted by molar-refractivity contribution is 5.76. The maximum Gasteiger partial charge on any atom is 0.222 e. The Morgan fingerprint density at radius 2 is 2.00 bits per heavy atom. The van der Waals surface area contributed by atoms with Crippen molar-refractivity contribution in [3.8, 4) is 0 Å². The first-order valence-electron chi connectivity index (χ1n) is 7.65. The van der Waals surface area contributed by atoms with E-state index in [1.807, 2.05) is 44.6 Å². The summed E-state index contributed by atoms with van der Waals surface area (Å²) in [5, 5.41) is 4.42. The number of hydrogen-bond donors (Lipinski definition) is 0. The van der Waals surface area contributed by atoms with Gasteiger partial charge in [0, 0.05) is 38.1 Å². The van der Waals surface area contributed by atoms with Crippen LogP contribution in [0.4, 0.5) is 0 Å². The molecule has 0 aliphatic heterocycles. The molecule has 22 heavy (non-hydrogen) atoms. The molecule has 118 valence electrons. The Bertz CT molecular complexity index is 621. The van der Waals surface area contributed by atoms with Crippen molar-refractivity contribution in [1.29, 1.82) is 0 Å². The molecule has 1 unspecified atom stereocenters. The number of nitrogens with zero attached hydrogens (tertiary/aromatic N) is 4. The van der Waals surface area contributed by atoms with E-state index in [9.17, 15) is 4.79 Å². The molecule has 0 fully saturated rings. The van der Waals surface area contributed by atoms with Gasteiger partial charge in [-0.25, -0.2) is 0 Å². The van der Waals surface area contributed by atoms with E-state index in [2.05, 4.69) is 16.1 Å². The van der Waals surface area contributed by atoms with Crippen molar-refractivity contribution in [2.45, 2.75) is 46.2 Å². The first kappa shape index (κ1) is 16.2. The van der Waals surface area contributed by atoms with Crippen LogP contribution in [0.1, 0.15) is 42.8 Å². The lowest BCUT2D eigenvalue weighted by molar-refractivity contribution is -0.132. The highest BCUT2D eigenvalue weighted by atomic mass is 16.2. The van der Waals surface area contributed by atoms with Crippen LogP contribution in [-0.4, -0.2) is 32.6 Å². The average molecular weight is 300 g/mol. The molecule has 5 nitrogen and oxygen atoms in total. The van der Waals surface area contributed by atoms with Crippen molar-refractivity contribution >= 4 is 5.91 Å². The quantitative estimate of drug-likeness (QED) is 0.824. The zero-order valence-electron chi connectivity index (χ0n) is 13.8. The Kier molecular flexibility index (Phi) is 5.31. The van der Waals surface area contributed by atoms with Crippen LogP contribution in [0.2, 0.25) is 0 Å². The van der Waals surface area contributed by atoms with E-state index in [1.165, 1.54) is 0 Å². The number of aromatic nitrogens is 3. The Morgan fingerprint density at radius 1 is 1.32 bits per heavy atom. The average Bonchev–Trinajstić information content (AvgIpc) is 2.84. The fraction of sp³-hybridized carbons (Fsp3) is 0.471. The van der Waals surface area contributed by atoms with E-state index < -0.39 is 0 Å². The van der Waals surface area contributed by atoms with Gasteiger partial charge in [-0.05, 0) is 51.0 Å². The molecule has 2 heterocycles. The van der Waals surface area contributed by atoms with Crippen LogP contribution < -0.4 is 0 Å². The fourth-order valence-electron chi connectivity index (χ4n) is 2.54. The van der Waals surface area contributed by atoms with E-state index in [4.69, 9.17) is 0 Å². The molecule has 0 saturated carbocycles. The Morgan fingerprint density at radius 3 is 2.59 bits per heavy atom. The van der Waals surface area contributed by atoms with Crippen molar-refractivity contribution in [2.24, 2.45) is 0 Å². The lowest BCUT2D eigenvalue weighted by Crippen LogP contribution is -2.29. The van der Waals surface area contributed by atoms with E-state index in [1.54, 1.807) is 17.3 Å². The highest BCUT2D eigenvalue weighted by Gasteiger charge is 2.17. The van der Waals surface area contributed by atoms with Gasteiger partial charge in [-0.2, -0.15) is 5.10 Å². The van der Waals surface area contributed by atoms with Gasteiger partial charge in [-0.3, -0.25) is 14.5 Å². The minimum absolute atomic E-state index is 0.0594. The summed E-state index contributed by atoms with van der Waals surface area (Å²) in [5.41, 5.74) is 3.26. The summed E-state index contributed by atoms with van der Waals surface area (Å²) in [6.07, 6.45) is 4.85. The Hall–Kier alpha value is -2.17. The molecule has 2 aromatic heterocycles. The van der Waals surface area contributed by atoms with Crippen molar-refractivity contribution in [2.75, 3.05) is 7.05 Å². The molecule has 0 aliphatic rings. The fourth-order valence-corrected chi connectivity index (χ4v) is 2.54. The number of carbonyl (C=O) groups excluding carboxylic acids is 1. The molecule has 5 heteroatoms. The SMILES string of the molecule is Cc1cc(C)n(CCCC(=O)N(C)C(C)c2ccncc2)n1. The lowest BCUT2D eigenvalue weighted by atomic mass is 10.1. The standard InChI is InChI=1S/C17H24N4O/c1-13-12-14(2)21(19-13)11-5-6-17(22)20(4)15(3)16-7-9-18-10-8-16/h7-10,12,15H,5-6,11H2,1-4H3. The molecule has 1 amide bonds. The van der Waals surface area contributed by atoms with Crippen molar-refractivity contribution in [3.63, 3.8) is 0 Å². The molecular weight excluding hydrogens is 276 g/mol. The normalized spacial score (nSPS) is 12.2. The Balaban J connectivity index is 1.85. The van der Waals surface area contributed by atoms with Gasteiger partial charge in [-0.1, -0.05) is 0 Å². The van der Waals surface area contributed by atoms with Crippen LogP contribution in [0.5, 0.6) is 0 Å². The number of pyridine rings is 1. The summed E-state index contributed by atoms with van der Waals surface area (Å²) in [5.74, 6) is 0.158. The van der Waals surface area contributed by atoms with Gasteiger partial charge in [0.05, 0.1) is 11.7 Å². The second-order valence-corrected chi connectivity index (χ2v) is 5.71. The third kappa shape index (κ3) is 3.93. The predicted molar refractivity (Wildman–Crippen MR) is 86.4 cm³/mol. The first-order valence-corrected chi connectivity index (χ1v) is 7.65.